The minimum absolute atomic E-state index is 0.293. The fraction of sp³-hybridized carbons (Fsp3) is 0.176. The number of hydrogen-bond donors (Lipinski definition) is 1. The van der Waals surface area contributed by atoms with E-state index in [1.807, 2.05) is 36.4 Å². The molecular formula is C17H15Cl2NO. The highest BCUT2D eigenvalue weighted by Crippen LogP contribution is 2.35. The number of fused-ring (bicyclic) bond motifs is 1. The van der Waals surface area contributed by atoms with Crippen molar-refractivity contribution in [2.24, 2.45) is 5.73 Å². The first-order valence-electron chi connectivity index (χ1n) is 6.82. The maximum Gasteiger partial charge on any atom is 0.134 e. The number of nitrogens with two attached hydrogens (primary N) is 1. The van der Waals surface area contributed by atoms with E-state index in [4.69, 9.17) is 33.4 Å². The van der Waals surface area contributed by atoms with Crippen LogP contribution in [-0.4, -0.2) is 0 Å². The molecule has 3 rings (SSSR count). The van der Waals surface area contributed by atoms with Crippen LogP contribution in [-0.2, 0) is 6.42 Å². The lowest BCUT2D eigenvalue weighted by Gasteiger charge is -2.13. The van der Waals surface area contributed by atoms with E-state index in [1.165, 1.54) is 0 Å². The van der Waals surface area contributed by atoms with Gasteiger partial charge in [0.25, 0.3) is 0 Å². The van der Waals surface area contributed by atoms with Gasteiger partial charge in [0.05, 0.1) is 16.1 Å². The highest BCUT2D eigenvalue weighted by Gasteiger charge is 2.20. The minimum Gasteiger partial charge on any atom is -0.461 e. The second-order valence-electron chi connectivity index (χ2n) is 4.94. The minimum atomic E-state index is -0.293. The molecule has 1 heterocycles. The van der Waals surface area contributed by atoms with E-state index in [0.29, 0.717) is 10.0 Å². The topological polar surface area (TPSA) is 39.2 Å². The lowest BCUT2D eigenvalue weighted by atomic mass is 9.96. The molecule has 0 aliphatic rings. The van der Waals surface area contributed by atoms with Crippen LogP contribution in [0.2, 0.25) is 10.0 Å². The van der Waals surface area contributed by atoms with E-state index in [2.05, 4.69) is 6.92 Å². The molecule has 1 unspecified atom stereocenters. The first kappa shape index (κ1) is 14.5. The van der Waals surface area contributed by atoms with Crippen molar-refractivity contribution in [2.75, 3.05) is 0 Å². The Morgan fingerprint density at radius 3 is 2.57 bits per heavy atom. The summed E-state index contributed by atoms with van der Waals surface area (Å²) in [6, 6.07) is 13.1. The molecule has 3 aromatic rings. The molecule has 21 heavy (non-hydrogen) atoms. The smallest absolute Gasteiger partial charge is 0.134 e. The van der Waals surface area contributed by atoms with Crippen molar-refractivity contribution in [3.05, 3.63) is 69.4 Å². The van der Waals surface area contributed by atoms with Gasteiger partial charge < -0.3 is 10.2 Å². The SMILES string of the molecule is CCc1oc2ccccc2c1C(N)c1ccc(Cl)c(Cl)c1. The summed E-state index contributed by atoms with van der Waals surface area (Å²) in [6.45, 7) is 2.06. The zero-order chi connectivity index (χ0) is 15.0. The fourth-order valence-corrected chi connectivity index (χ4v) is 2.90. The van der Waals surface area contributed by atoms with E-state index >= 15 is 0 Å². The standard InChI is InChI=1S/C17H15Cl2NO/c1-2-14-16(11-5-3-4-6-15(11)21-14)17(20)10-7-8-12(18)13(19)9-10/h3-9,17H,2,20H2,1H3. The third kappa shape index (κ3) is 2.55. The lowest BCUT2D eigenvalue weighted by Crippen LogP contribution is -2.13. The summed E-state index contributed by atoms with van der Waals surface area (Å²) in [6.07, 6.45) is 0.791. The molecule has 108 valence electrons. The highest BCUT2D eigenvalue weighted by molar-refractivity contribution is 6.42. The van der Waals surface area contributed by atoms with Crippen molar-refractivity contribution in [2.45, 2.75) is 19.4 Å². The molecule has 0 aliphatic heterocycles. The van der Waals surface area contributed by atoms with Crippen LogP contribution < -0.4 is 5.73 Å². The van der Waals surface area contributed by atoms with Gasteiger partial charge in [-0.1, -0.05) is 54.4 Å². The average Bonchev–Trinajstić information content (AvgIpc) is 2.87. The molecule has 0 saturated carbocycles. The maximum absolute atomic E-state index is 6.46. The predicted octanol–water partition coefficient (Wildman–Crippen LogP) is 5.35. The van der Waals surface area contributed by atoms with Crippen LogP contribution in [0.4, 0.5) is 0 Å². The van der Waals surface area contributed by atoms with Gasteiger partial charge in [-0.15, -0.1) is 0 Å². The third-order valence-corrected chi connectivity index (χ3v) is 4.38. The Bertz CT molecular complexity index is 795. The van der Waals surface area contributed by atoms with E-state index in [1.54, 1.807) is 6.07 Å². The summed E-state index contributed by atoms with van der Waals surface area (Å²) in [7, 11) is 0. The normalized spacial score (nSPS) is 12.8. The second kappa shape index (κ2) is 5.72. The van der Waals surface area contributed by atoms with Crippen LogP contribution in [0.3, 0.4) is 0 Å². The van der Waals surface area contributed by atoms with Gasteiger partial charge in [0.15, 0.2) is 0 Å². The molecule has 0 amide bonds. The molecule has 4 heteroatoms. The van der Waals surface area contributed by atoms with Gasteiger partial charge in [-0.3, -0.25) is 0 Å². The van der Waals surface area contributed by atoms with Gasteiger partial charge >= 0.3 is 0 Å². The van der Waals surface area contributed by atoms with Crippen LogP contribution in [0.15, 0.2) is 46.9 Å². The van der Waals surface area contributed by atoms with Crippen LogP contribution in [0.5, 0.6) is 0 Å². The van der Waals surface area contributed by atoms with Gasteiger partial charge in [-0.2, -0.15) is 0 Å². The van der Waals surface area contributed by atoms with Crippen molar-refractivity contribution in [3.63, 3.8) is 0 Å². The Morgan fingerprint density at radius 2 is 1.86 bits per heavy atom. The summed E-state index contributed by atoms with van der Waals surface area (Å²) in [5.74, 6) is 0.912. The fourth-order valence-electron chi connectivity index (χ4n) is 2.59. The molecule has 2 N–H and O–H groups in total. The van der Waals surface area contributed by atoms with Crippen molar-refractivity contribution in [1.29, 1.82) is 0 Å². The van der Waals surface area contributed by atoms with E-state index in [0.717, 1.165) is 34.3 Å². The van der Waals surface area contributed by atoms with Gasteiger partial charge in [-0.05, 0) is 23.8 Å². The van der Waals surface area contributed by atoms with Gasteiger partial charge in [0, 0.05) is 17.4 Å². The second-order valence-corrected chi connectivity index (χ2v) is 5.75. The van der Waals surface area contributed by atoms with Crippen molar-refractivity contribution in [3.8, 4) is 0 Å². The summed E-state index contributed by atoms with van der Waals surface area (Å²) in [5, 5.41) is 2.09. The Hall–Kier alpha value is -1.48. The number of halogens is 2. The first-order valence-corrected chi connectivity index (χ1v) is 7.58. The Kier molecular flexibility index (Phi) is 3.94. The number of hydrogen-bond acceptors (Lipinski definition) is 2. The first-order chi connectivity index (χ1) is 10.1. The van der Waals surface area contributed by atoms with Crippen LogP contribution in [0.1, 0.15) is 29.9 Å². The predicted molar refractivity (Wildman–Crippen MR) is 88.1 cm³/mol. The Balaban J connectivity index is 2.16. The Labute approximate surface area is 133 Å². The summed E-state index contributed by atoms with van der Waals surface area (Å²) in [4.78, 5) is 0. The molecule has 0 spiro atoms. The van der Waals surface area contributed by atoms with Gasteiger partial charge in [-0.25, -0.2) is 0 Å². The largest absolute Gasteiger partial charge is 0.461 e. The lowest BCUT2D eigenvalue weighted by molar-refractivity contribution is 0.546. The molecular weight excluding hydrogens is 305 g/mol. The quantitative estimate of drug-likeness (QED) is 0.706. The van der Waals surface area contributed by atoms with E-state index in [9.17, 15) is 0 Å². The zero-order valence-electron chi connectivity index (χ0n) is 11.6. The van der Waals surface area contributed by atoms with Crippen molar-refractivity contribution in [1.82, 2.24) is 0 Å². The molecule has 1 aromatic heterocycles. The number of aryl methyl sites for hydroxylation is 1. The van der Waals surface area contributed by atoms with E-state index in [-0.39, 0.29) is 6.04 Å². The molecule has 0 aliphatic carbocycles. The van der Waals surface area contributed by atoms with E-state index < -0.39 is 0 Å². The van der Waals surface area contributed by atoms with Crippen molar-refractivity contribution >= 4 is 34.2 Å². The molecule has 0 fully saturated rings. The van der Waals surface area contributed by atoms with Crippen LogP contribution in [0, 0.1) is 0 Å². The molecule has 1 atom stereocenters. The average molecular weight is 320 g/mol. The molecule has 0 saturated heterocycles. The van der Waals surface area contributed by atoms with Crippen molar-refractivity contribution < 1.29 is 4.42 Å². The number of benzene rings is 2. The molecule has 2 nitrogen and oxygen atoms in total. The van der Waals surface area contributed by atoms with Crippen LogP contribution >= 0.6 is 23.2 Å². The molecule has 0 radical (unpaired) electrons. The highest BCUT2D eigenvalue weighted by atomic mass is 35.5. The van der Waals surface area contributed by atoms with Crippen LogP contribution in [0.25, 0.3) is 11.0 Å². The molecule has 0 bridgehead atoms. The number of para-hydroxylation sites is 1. The monoisotopic (exact) mass is 319 g/mol. The zero-order valence-corrected chi connectivity index (χ0v) is 13.1. The van der Waals surface area contributed by atoms with Gasteiger partial charge in [0.1, 0.15) is 11.3 Å². The summed E-state index contributed by atoms with van der Waals surface area (Å²) >= 11 is 12.1. The third-order valence-electron chi connectivity index (χ3n) is 3.65. The Morgan fingerprint density at radius 1 is 1.10 bits per heavy atom. The summed E-state index contributed by atoms with van der Waals surface area (Å²) in [5.41, 5.74) is 9.26. The number of furan rings is 1. The van der Waals surface area contributed by atoms with Gasteiger partial charge in [0.2, 0.25) is 0 Å². The molecule has 2 aromatic carbocycles. The summed E-state index contributed by atoms with van der Waals surface area (Å²) < 4.78 is 5.91. The maximum atomic E-state index is 6.46. The number of rotatable bonds is 3.